The molecule has 0 aliphatic carbocycles. The fraction of sp³-hybridized carbons (Fsp3) is 0.182. The highest BCUT2D eigenvalue weighted by Gasteiger charge is 2.06. The number of carbonyl (C=O) groups excluding carboxylic acids is 1. The number of benzene rings is 1. The van der Waals surface area contributed by atoms with Crippen LogP contribution < -0.4 is 4.74 Å². The van der Waals surface area contributed by atoms with E-state index in [2.05, 4.69) is 10.1 Å². The van der Waals surface area contributed by atoms with Crippen molar-refractivity contribution in [2.24, 2.45) is 0 Å². The Morgan fingerprint density at radius 2 is 2.12 bits per heavy atom. The molecule has 2 aromatic rings. The van der Waals surface area contributed by atoms with Gasteiger partial charge in [0.1, 0.15) is 18.4 Å². The van der Waals surface area contributed by atoms with Gasteiger partial charge in [-0.2, -0.15) is 9.78 Å². The van der Waals surface area contributed by atoms with Gasteiger partial charge < -0.3 is 4.74 Å². The lowest BCUT2D eigenvalue weighted by molar-refractivity contribution is 0.0898. The van der Waals surface area contributed by atoms with Crippen molar-refractivity contribution in [1.82, 2.24) is 14.8 Å². The molecule has 5 heteroatoms. The summed E-state index contributed by atoms with van der Waals surface area (Å²) in [6, 6.07) is 7.36. The van der Waals surface area contributed by atoms with Crippen LogP contribution in [0.5, 0.6) is 5.75 Å². The van der Waals surface area contributed by atoms with Crippen LogP contribution in [0.2, 0.25) is 0 Å². The third-order valence-electron chi connectivity index (χ3n) is 2.19. The van der Waals surface area contributed by atoms with Crippen LogP contribution in [-0.2, 0) is 6.42 Å². The number of aromatic nitrogens is 3. The highest BCUT2D eigenvalue weighted by Crippen LogP contribution is 2.11. The van der Waals surface area contributed by atoms with E-state index in [0.29, 0.717) is 6.42 Å². The molecule has 1 aromatic carbocycles. The quantitative estimate of drug-likeness (QED) is 0.774. The van der Waals surface area contributed by atoms with Crippen LogP contribution in [0.1, 0.15) is 10.4 Å². The van der Waals surface area contributed by atoms with E-state index in [1.807, 2.05) is 24.3 Å². The lowest BCUT2D eigenvalue weighted by Crippen LogP contribution is -2.13. The average molecular weight is 217 g/mol. The first-order chi connectivity index (χ1) is 7.79. The van der Waals surface area contributed by atoms with E-state index in [-0.39, 0.29) is 5.91 Å². The summed E-state index contributed by atoms with van der Waals surface area (Å²) < 4.78 is 6.26. The van der Waals surface area contributed by atoms with Crippen LogP contribution in [0.25, 0.3) is 0 Å². The fourth-order valence-corrected chi connectivity index (χ4v) is 1.34. The fourth-order valence-electron chi connectivity index (χ4n) is 1.34. The first kappa shape index (κ1) is 10.4. The molecule has 0 aliphatic rings. The van der Waals surface area contributed by atoms with Crippen molar-refractivity contribution in [1.29, 1.82) is 0 Å². The van der Waals surface area contributed by atoms with E-state index >= 15 is 0 Å². The Morgan fingerprint density at radius 3 is 2.69 bits per heavy atom. The predicted octanol–water partition coefficient (Wildman–Crippen LogP) is 1.17. The second kappa shape index (κ2) is 4.57. The van der Waals surface area contributed by atoms with Crippen molar-refractivity contribution in [2.75, 3.05) is 7.11 Å². The van der Waals surface area contributed by atoms with Crippen LogP contribution in [-0.4, -0.2) is 27.8 Å². The summed E-state index contributed by atoms with van der Waals surface area (Å²) in [6.45, 7) is 0. The van der Waals surface area contributed by atoms with E-state index in [1.165, 1.54) is 17.3 Å². The Bertz CT molecular complexity index is 462. The summed E-state index contributed by atoms with van der Waals surface area (Å²) in [6.07, 6.45) is 3.03. The van der Waals surface area contributed by atoms with Gasteiger partial charge in [0, 0.05) is 0 Å². The Hall–Kier alpha value is -2.17. The molecule has 0 fully saturated rings. The smallest absolute Gasteiger partial charge is 0.252 e. The van der Waals surface area contributed by atoms with Gasteiger partial charge in [0.2, 0.25) is 0 Å². The molecular formula is C11H11N3O2. The highest BCUT2D eigenvalue weighted by molar-refractivity contribution is 5.80. The number of hydrogen-bond acceptors (Lipinski definition) is 4. The minimum Gasteiger partial charge on any atom is -0.497 e. The van der Waals surface area contributed by atoms with Gasteiger partial charge in [0.05, 0.1) is 13.5 Å². The van der Waals surface area contributed by atoms with Crippen molar-refractivity contribution in [3.63, 3.8) is 0 Å². The van der Waals surface area contributed by atoms with E-state index in [4.69, 9.17) is 4.74 Å². The zero-order valence-electron chi connectivity index (χ0n) is 8.83. The molecule has 0 saturated heterocycles. The van der Waals surface area contributed by atoms with Gasteiger partial charge in [-0.05, 0) is 17.7 Å². The van der Waals surface area contributed by atoms with Gasteiger partial charge >= 0.3 is 0 Å². The molecule has 1 heterocycles. The molecule has 1 aromatic heterocycles. The van der Waals surface area contributed by atoms with E-state index < -0.39 is 0 Å². The molecule has 0 amide bonds. The van der Waals surface area contributed by atoms with E-state index in [0.717, 1.165) is 11.3 Å². The SMILES string of the molecule is COc1ccc(CC(=O)n2cncn2)cc1. The monoisotopic (exact) mass is 217 g/mol. The molecule has 0 bridgehead atoms. The van der Waals surface area contributed by atoms with Gasteiger partial charge in [-0.3, -0.25) is 4.79 Å². The Morgan fingerprint density at radius 1 is 1.38 bits per heavy atom. The zero-order chi connectivity index (χ0) is 11.4. The average Bonchev–Trinajstić information content (AvgIpc) is 2.83. The van der Waals surface area contributed by atoms with Gasteiger partial charge in [-0.1, -0.05) is 12.1 Å². The summed E-state index contributed by atoms with van der Waals surface area (Å²) in [5.74, 6) is 0.666. The lowest BCUT2D eigenvalue weighted by Gasteiger charge is -2.02. The first-order valence-electron chi connectivity index (χ1n) is 4.80. The maximum Gasteiger partial charge on any atom is 0.252 e. The molecule has 16 heavy (non-hydrogen) atoms. The van der Waals surface area contributed by atoms with Crippen LogP contribution in [0, 0.1) is 0 Å². The van der Waals surface area contributed by atoms with Crippen LogP contribution in [0.4, 0.5) is 0 Å². The number of nitrogens with zero attached hydrogens (tertiary/aromatic N) is 3. The summed E-state index contributed by atoms with van der Waals surface area (Å²) in [4.78, 5) is 15.4. The normalized spacial score (nSPS) is 10.1. The van der Waals surface area contributed by atoms with E-state index in [9.17, 15) is 4.79 Å². The van der Waals surface area contributed by atoms with Crippen molar-refractivity contribution in [3.8, 4) is 5.75 Å². The molecule has 5 nitrogen and oxygen atoms in total. The Balaban J connectivity index is 2.06. The van der Waals surface area contributed by atoms with Crippen LogP contribution in [0.15, 0.2) is 36.9 Å². The number of rotatable bonds is 3. The molecule has 0 radical (unpaired) electrons. The molecule has 0 N–H and O–H groups in total. The molecule has 0 atom stereocenters. The van der Waals surface area contributed by atoms with Gasteiger partial charge in [0.15, 0.2) is 0 Å². The predicted molar refractivity (Wildman–Crippen MR) is 57.3 cm³/mol. The number of methoxy groups -OCH3 is 1. The zero-order valence-corrected chi connectivity index (χ0v) is 8.83. The van der Waals surface area contributed by atoms with E-state index in [1.54, 1.807) is 7.11 Å². The highest BCUT2D eigenvalue weighted by atomic mass is 16.5. The second-order valence-electron chi connectivity index (χ2n) is 3.26. The van der Waals surface area contributed by atoms with Crippen molar-refractivity contribution >= 4 is 5.91 Å². The maximum atomic E-state index is 11.7. The Labute approximate surface area is 92.7 Å². The second-order valence-corrected chi connectivity index (χ2v) is 3.26. The maximum absolute atomic E-state index is 11.7. The van der Waals surface area contributed by atoms with Crippen molar-refractivity contribution in [2.45, 2.75) is 6.42 Å². The van der Waals surface area contributed by atoms with Crippen molar-refractivity contribution in [3.05, 3.63) is 42.5 Å². The molecular weight excluding hydrogens is 206 g/mol. The number of ether oxygens (including phenoxy) is 1. The minimum absolute atomic E-state index is 0.109. The summed E-state index contributed by atoms with van der Waals surface area (Å²) in [5, 5.41) is 3.78. The van der Waals surface area contributed by atoms with Crippen LogP contribution in [0.3, 0.4) is 0 Å². The first-order valence-corrected chi connectivity index (χ1v) is 4.80. The summed E-state index contributed by atoms with van der Waals surface area (Å²) in [5.41, 5.74) is 0.918. The molecule has 0 unspecified atom stereocenters. The molecule has 2 rings (SSSR count). The lowest BCUT2D eigenvalue weighted by atomic mass is 10.1. The third kappa shape index (κ3) is 2.25. The molecule has 0 saturated carbocycles. The number of hydrogen-bond donors (Lipinski definition) is 0. The minimum atomic E-state index is -0.109. The van der Waals surface area contributed by atoms with Crippen molar-refractivity contribution < 1.29 is 9.53 Å². The summed E-state index contributed by atoms with van der Waals surface area (Å²) in [7, 11) is 1.61. The Kier molecular flexibility index (Phi) is 2.95. The largest absolute Gasteiger partial charge is 0.497 e. The van der Waals surface area contributed by atoms with Gasteiger partial charge in [-0.15, -0.1) is 0 Å². The number of carbonyl (C=O) groups is 1. The molecule has 82 valence electrons. The molecule has 0 aliphatic heterocycles. The topological polar surface area (TPSA) is 57.0 Å². The third-order valence-corrected chi connectivity index (χ3v) is 2.19. The van der Waals surface area contributed by atoms with Gasteiger partial charge in [-0.25, -0.2) is 4.98 Å². The van der Waals surface area contributed by atoms with Crippen LogP contribution >= 0.6 is 0 Å². The van der Waals surface area contributed by atoms with Gasteiger partial charge in [0.25, 0.3) is 5.91 Å². The summed E-state index contributed by atoms with van der Waals surface area (Å²) >= 11 is 0. The molecule has 0 spiro atoms. The standard InChI is InChI=1S/C11H11N3O2/c1-16-10-4-2-9(3-5-10)6-11(15)14-8-12-7-13-14/h2-5,7-8H,6H2,1H3.